The quantitative estimate of drug-likeness (QED) is 0.507. The average molecular weight is 357 g/mol. The van der Waals surface area contributed by atoms with Crippen molar-refractivity contribution >= 4 is 27.7 Å². The van der Waals surface area contributed by atoms with Crippen LogP contribution in [0.2, 0.25) is 0 Å². The number of fused-ring (bicyclic) bond motifs is 2. The Morgan fingerprint density at radius 2 is 1.73 bits per heavy atom. The minimum Gasteiger partial charge on any atom is -0.374 e. The van der Waals surface area contributed by atoms with Crippen molar-refractivity contribution in [2.24, 2.45) is 0 Å². The van der Waals surface area contributed by atoms with Gasteiger partial charge in [0.1, 0.15) is 11.2 Å². The van der Waals surface area contributed by atoms with E-state index in [9.17, 15) is 13.2 Å². The number of nitrogens with zero attached hydrogens (tertiary/aromatic N) is 2. The lowest BCUT2D eigenvalue weighted by Crippen LogP contribution is -2.11. The summed E-state index contributed by atoms with van der Waals surface area (Å²) in [6.07, 6.45) is 0. The molecule has 0 fully saturated rings. The van der Waals surface area contributed by atoms with E-state index >= 15 is 0 Å². The van der Waals surface area contributed by atoms with Crippen molar-refractivity contribution in [1.29, 1.82) is 0 Å². The second-order valence-corrected chi connectivity index (χ2v) is 6.10. The van der Waals surface area contributed by atoms with E-state index in [4.69, 9.17) is 4.52 Å². The molecule has 0 amide bonds. The minimum atomic E-state index is -1.32. The Morgan fingerprint density at radius 1 is 1.00 bits per heavy atom. The zero-order valence-electron chi connectivity index (χ0n) is 14.0. The van der Waals surface area contributed by atoms with Gasteiger partial charge in [0.2, 0.25) is 0 Å². The van der Waals surface area contributed by atoms with Crippen LogP contribution in [0.3, 0.4) is 0 Å². The third-order valence-corrected chi connectivity index (χ3v) is 4.38. The van der Waals surface area contributed by atoms with Crippen LogP contribution in [-0.2, 0) is 0 Å². The Hall–Kier alpha value is -3.09. The third kappa shape index (κ3) is 2.47. The fraction of sp³-hybridized carbons (Fsp3) is 0.158. The number of pyridine rings is 1. The molecule has 4 nitrogen and oxygen atoms in total. The lowest BCUT2D eigenvalue weighted by atomic mass is 10.1. The monoisotopic (exact) mass is 357 g/mol. The van der Waals surface area contributed by atoms with Gasteiger partial charge in [-0.1, -0.05) is 35.5 Å². The van der Waals surface area contributed by atoms with Crippen LogP contribution in [0.4, 0.5) is 18.9 Å². The second kappa shape index (κ2) is 6.01. The first kappa shape index (κ1) is 16.4. The van der Waals surface area contributed by atoms with E-state index < -0.39 is 34.7 Å². The molecule has 7 heteroatoms. The van der Waals surface area contributed by atoms with Gasteiger partial charge in [0.15, 0.2) is 17.5 Å². The van der Waals surface area contributed by atoms with Crippen LogP contribution in [-0.4, -0.2) is 10.1 Å². The molecule has 0 aliphatic rings. The first-order valence-corrected chi connectivity index (χ1v) is 8.02. The van der Waals surface area contributed by atoms with Crippen molar-refractivity contribution in [2.75, 3.05) is 5.32 Å². The van der Waals surface area contributed by atoms with Crippen molar-refractivity contribution in [3.8, 4) is 0 Å². The maximum Gasteiger partial charge on any atom is 0.258 e. The summed E-state index contributed by atoms with van der Waals surface area (Å²) in [4.78, 5) is 3.89. The number of anilines is 1. The predicted octanol–water partition coefficient (Wildman–Crippen LogP) is 5.27. The van der Waals surface area contributed by atoms with Crippen molar-refractivity contribution in [1.82, 2.24) is 10.1 Å². The second-order valence-electron chi connectivity index (χ2n) is 6.10. The Morgan fingerprint density at radius 3 is 2.46 bits per heavy atom. The first-order chi connectivity index (χ1) is 12.5. The number of aromatic nitrogens is 2. The number of rotatable bonds is 3. The summed E-state index contributed by atoms with van der Waals surface area (Å²) in [6.45, 7) is 3.40. The van der Waals surface area contributed by atoms with Crippen molar-refractivity contribution in [3.05, 3.63) is 65.1 Å². The molecule has 1 unspecified atom stereocenters. The highest BCUT2D eigenvalue weighted by Gasteiger charge is 2.24. The normalized spacial score (nSPS) is 12.7. The summed E-state index contributed by atoms with van der Waals surface area (Å²) in [7, 11) is 0. The summed E-state index contributed by atoms with van der Waals surface area (Å²) in [5.41, 5.74) is 0.384. The summed E-state index contributed by atoms with van der Waals surface area (Å²) < 4.78 is 49.0. The molecule has 1 N–H and O–H groups in total. The smallest absolute Gasteiger partial charge is 0.258 e. The van der Waals surface area contributed by atoms with Gasteiger partial charge in [-0.25, -0.2) is 18.2 Å². The van der Waals surface area contributed by atoms with Crippen molar-refractivity contribution in [3.63, 3.8) is 0 Å². The largest absolute Gasteiger partial charge is 0.374 e. The molecule has 1 atom stereocenters. The van der Waals surface area contributed by atoms with Gasteiger partial charge in [0, 0.05) is 11.4 Å². The molecule has 0 spiro atoms. The molecule has 0 saturated heterocycles. The molecule has 2 aromatic heterocycles. The van der Waals surface area contributed by atoms with Gasteiger partial charge in [-0.2, -0.15) is 0 Å². The van der Waals surface area contributed by atoms with Gasteiger partial charge in [0.25, 0.3) is 5.71 Å². The van der Waals surface area contributed by atoms with Gasteiger partial charge in [-0.3, -0.25) is 0 Å². The number of aryl methyl sites for hydroxylation is 1. The first-order valence-electron chi connectivity index (χ1n) is 8.02. The lowest BCUT2D eigenvalue weighted by molar-refractivity contribution is 0.443. The molecule has 2 heterocycles. The Balaban J connectivity index is 1.89. The highest BCUT2D eigenvalue weighted by molar-refractivity contribution is 5.94. The predicted molar refractivity (Wildman–Crippen MR) is 92.4 cm³/mol. The molecule has 132 valence electrons. The number of benzene rings is 2. The maximum atomic E-state index is 15.0. The number of nitrogens with one attached hydrogen (secondary N) is 1. The van der Waals surface area contributed by atoms with Crippen LogP contribution in [0.5, 0.6) is 0 Å². The topological polar surface area (TPSA) is 51.0 Å². The van der Waals surface area contributed by atoms with Crippen molar-refractivity contribution in [2.45, 2.75) is 19.9 Å². The van der Waals surface area contributed by atoms with E-state index in [0.717, 1.165) is 5.56 Å². The standard InChI is InChI=1S/C19H14F3N3O/c1-9(11-6-4-3-5-7-11)23-18-14(20)13-8-12-10(2)25-26-19(12)24-17(13)15(21)16(18)22/h3-9,23H,1-2H3. The van der Waals surface area contributed by atoms with E-state index in [-0.39, 0.29) is 11.1 Å². The Labute approximate surface area is 146 Å². The highest BCUT2D eigenvalue weighted by Crippen LogP contribution is 2.34. The van der Waals surface area contributed by atoms with E-state index in [1.54, 1.807) is 13.8 Å². The number of halogens is 3. The highest BCUT2D eigenvalue weighted by atomic mass is 19.2. The SMILES string of the molecule is Cc1noc2nc3c(F)c(F)c(NC(C)c4ccccc4)c(F)c3cc12. The minimum absolute atomic E-state index is 0.0334. The van der Waals surface area contributed by atoms with Crippen LogP contribution in [0.25, 0.3) is 22.0 Å². The van der Waals surface area contributed by atoms with Crippen LogP contribution in [0.15, 0.2) is 40.9 Å². The van der Waals surface area contributed by atoms with Crippen LogP contribution < -0.4 is 5.32 Å². The van der Waals surface area contributed by atoms with Gasteiger partial charge < -0.3 is 9.84 Å². The molecule has 2 aromatic carbocycles. The number of hydrogen-bond donors (Lipinski definition) is 1. The molecule has 26 heavy (non-hydrogen) atoms. The zero-order valence-corrected chi connectivity index (χ0v) is 14.0. The van der Waals surface area contributed by atoms with E-state index in [2.05, 4.69) is 15.5 Å². The Kier molecular flexibility index (Phi) is 3.79. The lowest BCUT2D eigenvalue weighted by Gasteiger charge is -2.18. The molecule has 0 bridgehead atoms. The molecular weight excluding hydrogens is 343 g/mol. The average Bonchev–Trinajstić information content (AvgIpc) is 3.03. The summed E-state index contributed by atoms with van der Waals surface area (Å²) in [5, 5.41) is 6.76. The van der Waals surface area contributed by atoms with E-state index in [0.29, 0.717) is 11.1 Å². The fourth-order valence-electron chi connectivity index (χ4n) is 2.93. The van der Waals surface area contributed by atoms with Crippen LogP contribution in [0, 0.1) is 24.4 Å². The van der Waals surface area contributed by atoms with Gasteiger partial charge in [-0.05, 0) is 25.5 Å². The summed E-state index contributed by atoms with van der Waals surface area (Å²) >= 11 is 0. The fourth-order valence-corrected chi connectivity index (χ4v) is 2.93. The molecule has 0 radical (unpaired) electrons. The van der Waals surface area contributed by atoms with Crippen LogP contribution >= 0.6 is 0 Å². The molecule has 0 aliphatic heterocycles. The molecule has 0 aliphatic carbocycles. The zero-order chi connectivity index (χ0) is 18.4. The summed E-state index contributed by atoms with van der Waals surface area (Å²) in [6, 6.07) is 10.1. The maximum absolute atomic E-state index is 15.0. The van der Waals surface area contributed by atoms with Gasteiger partial charge in [0.05, 0.1) is 11.1 Å². The third-order valence-electron chi connectivity index (χ3n) is 4.38. The summed E-state index contributed by atoms with van der Waals surface area (Å²) in [5.74, 6) is -3.46. The molecule has 0 saturated carbocycles. The number of hydrogen-bond acceptors (Lipinski definition) is 4. The molecular formula is C19H14F3N3O. The van der Waals surface area contributed by atoms with Crippen LogP contribution in [0.1, 0.15) is 24.2 Å². The molecule has 4 aromatic rings. The molecule has 4 rings (SSSR count). The van der Waals surface area contributed by atoms with E-state index in [1.807, 2.05) is 30.3 Å². The van der Waals surface area contributed by atoms with Gasteiger partial charge in [-0.15, -0.1) is 0 Å². The van der Waals surface area contributed by atoms with Crippen molar-refractivity contribution < 1.29 is 17.7 Å². The van der Waals surface area contributed by atoms with Gasteiger partial charge >= 0.3 is 0 Å². The van der Waals surface area contributed by atoms with E-state index in [1.165, 1.54) is 6.07 Å². The Bertz CT molecular complexity index is 1130.